The molecule has 0 amide bonds. The minimum absolute atomic E-state index is 0.140. The van der Waals surface area contributed by atoms with Crippen LogP contribution in [0, 0.1) is 11.3 Å². The fourth-order valence-corrected chi connectivity index (χ4v) is 2.67. The van der Waals surface area contributed by atoms with Gasteiger partial charge in [-0.05, 0) is 25.7 Å². The van der Waals surface area contributed by atoms with Gasteiger partial charge in [0.1, 0.15) is 0 Å². The van der Waals surface area contributed by atoms with E-state index >= 15 is 0 Å². The standard InChI is InChI=1S/C13H22O2/c1-5-12-6-11(2)7-13(8-12,9-14-3)10-15-4/h5-6,12H,1,7-10H2,2-4H3. The molecule has 1 rings (SSSR count). The summed E-state index contributed by atoms with van der Waals surface area (Å²) in [5.74, 6) is 0.462. The van der Waals surface area contributed by atoms with Gasteiger partial charge in [-0.25, -0.2) is 0 Å². The van der Waals surface area contributed by atoms with Crippen molar-refractivity contribution < 1.29 is 9.47 Å². The number of rotatable bonds is 5. The SMILES string of the molecule is C=CC1C=C(C)CC(COC)(COC)C1. The van der Waals surface area contributed by atoms with Gasteiger partial charge in [-0.2, -0.15) is 0 Å². The Morgan fingerprint density at radius 2 is 2.07 bits per heavy atom. The third-order valence-electron chi connectivity index (χ3n) is 3.02. The fraction of sp³-hybridized carbons (Fsp3) is 0.692. The van der Waals surface area contributed by atoms with Crippen molar-refractivity contribution >= 4 is 0 Å². The second-order valence-electron chi connectivity index (χ2n) is 4.66. The molecule has 1 aliphatic carbocycles. The largest absolute Gasteiger partial charge is 0.384 e. The van der Waals surface area contributed by atoms with E-state index in [0.29, 0.717) is 5.92 Å². The molecule has 0 saturated carbocycles. The first-order valence-corrected chi connectivity index (χ1v) is 5.43. The molecule has 0 aromatic carbocycles. The summed E-state index contributed by atoms with van der Waals surface area (Å²) in [6.45, 7) is 7.58. The lowest BCUT2D eigenvalue weighted by Gasteiger charge is -2.38. The van der Waals surface area contributed by atoms with Gasteiger partial charge >= 0.3 is 0 Å². The molecule has 0 heterocycles. The zero-order valence-electron chi connectivity index (χ0n) is 10.1. The Hall–Kier alpha value is -0.600. The van der Waals surface area contributed by atoms with Crippen molar-refractivity contribution in [3.63, 3.8) is 0 Å². The Balaban J connectivity index is 2.80. The van der Waals surface area contributed by atoms with Crippen LogP contribution in [0.15, 0.2) is 24.3 Å². The summed E-state index contributed by atoms with van der Waals surface area (Å²) < 4.78 is 10.7. The zero-order valence-corrected chi connectivity index (χ0v) is 10.1. The first-order chi connectivity index (χ1) is 7.15. The second kappa shape index (κ2) is 5.47. The van der Waals surface area contributed by atoms with E-state index in [1.54, 1.807) is 14.2 Å². The van der Waals surface area contributed by atoms with Crippen LogP contribution in [0.1, 0.15) is 19.8 Å². The highest BCUT2D eigenvalue weighted by atomic mass is 16.5. The highest BCUT2D eigenvalue weighted by molar-refractivity contribution is 5.15. The van der Waals surface area contributed by atoms with Gasteiger partial charge < -0.3 is 9.47 Å². The van der Waals surface area contributed by atoms with E-state index in [-0.39, 0.29) is 5.41 Å². The lowest BCUT2D eigenvalue weighted by Crippen LogP contribution is -2.36. The van der Waals surface area contributed by atoms with Gasteiger partial charge in [0.25, 0.3) is 0 Å². The first-order valence-electron chi connectivity index (χ1n) is 5.43. The molecule has 0 bridgehead atoms. The topological polar surface area (TPSA) is 18.5 Å². The average Bonchev–Trinajstić information content (AvgIpc) is 2.17. The van der Waals surface area contributed by atoms with Gasteiger partial charge in [0, 0.05) is 19.6 Å². The molecule has 0 saturated heterocycles. The molecular weight excluding hydrogens is 188 g/mol. The Bertz CT molecular complexity index is 237. The maximum atomic E-state index is 5.34. The smallest absolute Gasteiger partial charge is 0.0544 e. The van der Waals surface area contributed by atoms with Crippen LogP contribution in [0.5, 0.6) is 0 Å². The van der Waals surface area contributed by atoms with Crippen LogP contribution in [-0.4, -0.2) is 27.4 Å². The van der Waals surface area contributed by atoms with Crippen molar-refractivity contribution in [3.05, 3.63) is 24.3 Å². The van der Waals surface area contributed by atoms with E-state index in [4.69, 9.17) is 9.47 Å². The summed E-state index contributed by atoms with van der Waals surface area (Å²) in [4.78, 5) is 0. The van der Waals surface area contributed by atoms with E-state index in [9.17, 15) is 0 Å². The molecule has 1 aliphatic rings. The fourth-order valence-electron chi connectivity index (χ4n) is 2.67. The van der Waals surface area contributed by atoms with Crippen molar-refractivity contribution in [1.29, 1.82) is 0 Å². The predicted octanol–water partition coefficient (Wildman–Crippen LogP) is 2.81. The van der Waals surface area contributed by atoms with Gasteiger partial charge in [0.2, 0.25) is 0 Å². The summed E-state index contributed by atoms with van der Waals surface area (Å²) in [6, 6.07) is 0. The third-order valence-corrected chi connectivity index (χ3v) is 3.02. The van der Waals surface area contributed by atoms with E-state index < -0.39 is 0 Å². The van der Waals surface area contributed by atoms with Crippen molar-refractivity contribution in [2.24, 2.45) is 11.3 Å². The van der Waals surface area contributed by atoms with Crippen LogP contribution in [0.2, 0.25) is 0 Å². The van der Waals surface area contributed by atoms with E-state index in [1.807, 2.05) is 6.08 Å². The maximum absolute atomic E-state index is 5.34. The molecular formula is C13H22O2. The molecule has 0 spiro atoms. The highest BCUT2D eigenvalue weighted by Crippen LogP contribution is 2.39. The van der Waals surface area contributed by atoms with Crippen molar-refractivity contribution in [2.45, 2.75) is 19.8 Å². The van der Waals surface area contributed by atoms with E-state index in [0.717, 1.165) is 26.1 Å². The minimum atomic E-state index is 0.140. The van der Waals surface area contributed by atoms with Crippen LogP contribution in [-0.2, 0) is 9.47 Å². The van der Waals surface area contributed by atoms with Gasteiger partial charge in [0.15, 0.2) is 0 Å². The summed E-state index contributed by atoms with van der Waals surface area (Å²) >= 11 is 0. The molecule has 1 unspecified atom stereocenters. The van der Waals surface area contributed by atoms with Gasteiger partial charge in [-0.3, -0.25) is 0 Å². The first kappa shape index (κ1) is 12.5. The molecule has 0 radical (unpaired) electrons. The minimum Gasteiger partial charge on any atom is -0.384 e. The third kappa shape index (κ3) is 3.18. The number of methoxy groups -OCH3 is 2. The molecule has 0 N–H and O–H groups in total. The van der Waals surface area contributed by atoms with Crippen molar-refractivity contribution in [2.75, 3.05) is 27.4 Å². The summed E-state index contributed by atoms with van der Waals surface area (Å²) in [5, 5.41) is 0. The molecule has 2 heteroatoms. The zero-order chi connectivity index (χ0) is 11.3. The predicted molar refractivity (Wildman–Crippen MR) is 62.9 cm³/mol. The summed E-state index contributed by atoms with van der Waals surface area (Å²) in [5.41, 5.74) is 1.56. The molecule has 0 aliphatic heterocycles. The molecule has 2 nitrogen and oxygen atoms in total. The average molecular weight is 210 g/mol. The summed E-state index contributed by atoms with van der Waals surface area (Å²) in [7, 11) is 3.52. The number of hydrogen-bond donors (Lipinski definition) is 0. The Morgan fingerprint density at radius 3 is 2.53 bits per heavy atom. The highest BCUT2D eigenvalue weighted by Gasteiger charge is 2.35. The van der Waals surface area contributed by atoms with Crippen LogP contribution < -0.4 is 0 Å². The van der Waals surface area contributed by atoms with Crippen LogP contribution >= 0.6 is 0 Å². The monoisotopic (exact) mass is 210 g/mol. The van der Waals surface area contributed by atoms with Gasteiger partial charge in [-0.1, -0.05) is 17.7 Å². The van der Waals surface area contributed by atoms with Crippen LogP contribution in [0.25, 0.3) is 0 Å². The lowest BCUT2D eigenvalue weighted by atomic mass is 9.71. The van der Waals surface area contributed by atoms with Gasteiger partial charge in [-0.15, -0.1) is 6.58 Å². The lowest BCUT2D eigenvalue weighted by molar-refractivity contribution is -0.00298. The summed E-state index contributed by atoms with van der Waals surface area (Å²) in [6.07, 6.45) is 6.47. The number of hydrogen-bond acceptors (Lipinski definition) is 2. The molecule has 0 aromatic rings. The molecule has 1 atom stereocenters. The molecule has 15 heavy (non-hydrogen) atoms. The van der Waals surface area contributed by atoms with Crippen LogP contribution in [0.3, 0.4) is 0 Å². The van der Waals surface area contributed by atoms with Crippen molar-refractivity contribution in [3.8, 4) is 0 Å². The Morgan fingerprint density at radius 1 is 1.47 bits per heavy atom. The van der Waals surface area contributed by atoms with E-state index in [2.05, 4.69) is 19.6 Å². The Labute approximate surface area is 93.0 Å². The van der Waals surface area contributed by atoms with Gasteiger partial charge in [0.05, 0.1) is 13.2 Å². The quantitative estimate of drug-likeness (QED) is 0.650. The molecule has 0 fully saturated rings. The maximum Gasteiger partial charge on any atom is 0.0544 e. The molecule has 0 aromatic heterocycles. The van der Waals surface area contributed by atoms with Crippen LogP contribution in [0.4, 0.5) is 0 Å². The number of ether oxygens (including phenoxy) is 2. The Kier molecular flexibility index (Phi) is 4.55. The van der Waals surface area contributed by atoms with E-state index in [1.165, 1.54) is 5.57 Å². The second-order valence-corrected chi connectivity index (χ2v) is 4.66. The normalized spacial score (nSPS) is 24.7. The number of allylic oxidation sites excluding steroid dienone is 3. The molecule has 86 valence electrons. The van der Waals surface area contributed by atoms with Crippen molar-refractivity contribution in [1.82, 2.24) is 0 Å².